The third-order valence-corrected chi connectivity index (χ3v) is 16.4. The highest BCUT2D eigenvalue weighted by molar-refractivity contribution is 5.73. The molecule has 4 aliphatic carbocycles. The van der Waals surface area contributed by atoms with Gasteiger partial charge in [-0.2, -0.15) is 5.10 Å². The molecule has 4 heterocycles. The Labute approximate surface area is 309 Å². The summed E-state index contributed by atoms with van der Waals surface area (Å²) >= 11 is 0. The van der Waals surface area contributed by atoms with Crippen LogP contribution in [0.15, 0.2) is 42.5 Å². The third kappa shape index (κ3) is 5.16. The summed E-state index contributed by atoms with van der Waals surface area (Å²) in [4.78, 5) is 22.6. The van der Waals surface area contributed by atoms with Crippen molar-refractivity contribution in [3.05, 3.63) is 42.5 Å². The molecule has 5 fully saturated rings. The second-order valence-corrected chi connectivity index (χ2v) is 18.9. The molecule has 2 bridgehead atoms. The van der Waals surface area contributed by atoms with Gasteiger partial charge in [0.05, 0.1) is 57.1 Å². The molecule has 6 aliphatic rings. The number of morpholine rings is 1. The molecule has 284 valence electrons. The van der Waals surface area contributed by atoms with Crippen LogP contribution >= 0.6 is 0 Å². The number of ether oxygens (including phenoxy) is 3. The Hall–Kier alpha value is -2.66. The van der Waals surface area contributed by atoms with E-state index >= 15 is 0 Å². The first-order chi connectivity index (χ1) is 24.8. The topological polar surface area (TPSA) is 121 Å². The van der Waals surface area contributed by atoms with Gasteiger partial charge in [-0.1, -0.05) is 60.1 Å². The summed E-state index contributed by atoms with van der Waals surface area (Å²) in [6.07, 6.45) is 13.4. The maximum Gasteiger partial charge on any atom is 0.307 e. The molecular formula is C42H61N5O5. The number of aromatic nitrogens is 4. The average Bonchev–Trinajstić information content (AvgIpc) is 3.62. The molecule has 0 spiro atoms. The molecule has 0 amide bonds. The van der Waals surface area contributed by atoms with Crippen LogP contribution in [0.25, 0.3) is 11.4 Å². The lowest BCUT2D eigenvalue weighted by molar-refractivity contribution is -0.251. The van der Waals surface area contributed by atoms with Crippen molar-refractivity contribution in [2.24, 2.45) is 56.7 Å². The number of aliphatic carboxylic acids is 1. The fourth-order valence-electron chi connectivity index (χ4n) is 13.3. The Morgan fingerprint density at radius 1 is 1.08 bits per heavy atom. The predicted octanol–water partition coefficient (Wildman–Crippen LogP) is 6.84. The summed E-state index contributed by atoms with van der Waals surface area (Å²) in [5.41, 5.74) is 1.26. The molecule has 2 aromatic rings. The van der Waals surface area contributed by atoms with E-state index < -0.39 is 11.9 Å². The molecule has 2 unspecified atom stereocenters. The Morgan fingerprint density at radius 2 is 1.87 bits per heavy atom. The van der Waals surface area contributed by atoms with Crippen LogP contribution < -0.4 is 5.32 Å². The molecule has 8 rings (SSSR count). The van der Waals surface area contributed by atoms with Crippen molar-refractivity contribution in [1.82, 2.24) is 25.1 Å². The minimum absolute atomic E-state index is 0.0746. The second kappa shape index (κ2) is 13.0. The molecule has 10 heteroatoms. The number of nitrogens with zero attached hydrogens (tertiary/aromatic N) is 4. The van der Waals surface area contributed by atoms with Crippen LogP contribution in [0.5, 0.6) is 0 Å². The quantitative estimate of drug-likeness (QED) is 0.283. The van der Waals surface area contributed by atoms with E-state index in [1.54, 1.807) is 6.33 Å². The first-order valence-electron chi connectivity index (χ1n) is 20.0. The summed E-state index contributed by atoms with van der Waals surface area (Å²) < 4.78 is 21.9. The van der Waals surface area contributed by atoms with Gasteiger partial charge >= 0.3 is 5.97 Å². The van der Waals surface area contributed by atoms with Gasteiger partial charge in [0.2, 0.25) is 0 Å². The van der Waals surface area contributed by atoms with E-state index in [9.17, 15) is 9.90 Å². The first kappa shape index (κ1) is 36.3. The van der Waals surface area contributed by atoms with Gasteiger partial charge in [0, 0.05) is 35.3 Å². The van der Waals surface area contributed by atoms with E-state index in [-0.39, 0.29) is 45.3 Å². The number of allylic oxidation sites excluding steroid dienone is 1. The van der Waals surface area contributed by atoms with E-state index in [1.807, 2.05) is 24.5 Å². The average molecular weight is 716 g/mol. The number of carbonyl (C=O) groups is 1. The summed E-state index contributed by atoms with van der Waals surface area (Å²) in [7, 11) is 0. The van der Waals surface area contributed by atoms with Gasteiger partial charge in [-0.25, -0.2) is 9.67 Å². The van der Waals surface area contributed by atoms with E-state index in [2.05, 4.69) is 69.5 Å². The van der Waals surface area contributed by atoms with Crippen molar-refractivity contribution < 1.29 is 24.1 Å². The largest absolute Gasteiger partial charge is 0.481 e. The lowest BCUT2D eigenvalue weighted by Crippen LogP contribution is -2.69. The van der Waals surface area contributed by atoms with Gasteiger partial charge in [-0.3, -0.25) is 9.78 Å². The first-order valence-corrected chi connectivity index (χ1v) is 20.0. The number of hydrogen-bond donors (Lipinski definition) is 2. The molecule has 52 heavy (non-hydrogen) atoms. The van der Waals surface area contributed by atoms with Crippen LogP contribution in [-0.4, -0.2) is 82.5 Å². The van der Waals surface area contributed by atoms with Crippen molar-refractivity contribution in [1.29, 1.82) is 0 Å². The highest BCUT2D eigenvalue weighted by Crippen LogP contribution is 2.75. The molecule has 2 saturated heterocycles. The zero-order valence-corrected chi connectivity index (χ0v) is 32.4. The number of carboxylic acids is 1. The zero-order valence-electron chi connectivity index (χ0n) is 32.4. The van der Waals surface area contributed by atoms with Gasteiger partial charge in [0.15, 0.2) is 5.82 Å². The molecule has 2 N–H and O–H groups in total. The van der Waals surface area contributed by atoms with Crippen LogP contribution in [-0.2, 0) is 19.0 Å². The zero-order chi connectivity index (χ0) is 36.7. The normalized spacial score (nSPS) is 43.5. The number of hydrogen-bond acceptors (Lipinski definition) is 8. The van der Waals surface area contributed by atoms with Crippen molar-refractivity contribution in [2.45, 2.75) is 105 Å². The third-order valence-electron chi connectivity index (χ3n) is 16.4. The molecule has 10 nitrogen and oxygen atoms in total. The maximum absolute atomic E-state index is 13.5. The minimum atomic E-state index is -0.619. The summed E-state index contributed by atoms with van der Waals surface area (Å²) in [5.74, 6) is 1.20. The second-order valence-electron chi connectivity index (χ2n) is 18.9. The smallest absolute Gasteiger partial charge is 0.307 e. The van der Waals surface area contributed by atoms with E-state index in [0.29, 0.717) is 50.1 Å². The fraction of sp³-hybridized carbons (Fsp3) is 0.762. The van der Waals surface area contributed by atoms with E-state index in [1.165, 1.54) is 5.57 Å². The van der Waals surface area contributed by atoms with Gasteiger partial charge in [0.25, 0.3) is 0 Å². The SMILES string of the molecule is CC(C)[C@@H](C)[C@@]1(C)CC[C@]2(C)[C@H]3CC[C@H]4C5(C)COC[C@@]4(C[C@@H](n4ncnc4-c4ccncc4)[C@@H]5OCC4COCCN4)C3=CC[C@@]2(C)[C@@H]1C(=O)O. The van der Waals surface area contributed by atoms with Crippen molar-refractivity contribution in [3.8, 4) is 11.4 Å². The summed E-state index contributed by atoms with van der Waals surface area (Å²) in [6.45, 7) is 20.4. The fourth-order valence-corrected chi connectivity index (χ4v) is 13.3. The Morgan fingerprint density at radius 3 is 2.58 bits per heavy atom. The number of carboxylic acid groups (broad SMARTS) is 1. The van der Waals surface area contributed by atoms with Crippen LogP contribution in [0.4, 0.5) is 0 Å². The van der Waals surface area contributed by atoms with E-state index in [4.69, 9.17) is 24.3 Å². The molecule has 12 atom stereocenters. The Bertz CT molecular complexity index is 1680. The van der Waals surface area contributed by atoms with Crippen LogP contribution in [0.3, 0.4) is 0 Å². The van der Waals surface area contributed by atoms with Crippen molar-refractivity contribution >= 4 is 5.97 Å². The number of rotatable bonds is 8. The molecule has 0 radical (unpaired) electrons. The summed E-state index contributed by atoms with van der Waals surface area (Å²) in [6, 6.07) is 4.08. The predicted molar refractivity (Wildman–Crippen MR) is 198 cm³/mol. The molecule has 2 aliphatic heterocycles. The van der Waals surface area contributed by atoms with Crippen molar-refractivity contribution in [2.75, 3.05) is 39.6 Å². The summed E-state index contributed by atoms with van der Waals surface area (Å²) in [5, 5.41) is 19.7. The number of nitrogens with one attached hydrogen (secondary N) is 1. The van der Waals surface area contributed by atoms with Gasteiger partial charge in [-0.05, 0) is 90.6 Å². The highest BCUT2D eigenvalue weighted by atomic mass is 16.5. The minimum Gasteiger partial charge on any atom is -0.481 e. The Kier molecular flexibility index (Phi) is 9.07. The number of pyridine rings is 1. The lowest BCUT2D eigenvalue weighted by atomic mass is 9.34. The highest BCUT2D eigenvalue weighted by Gasteiger charge is 2.72. The van der Waals surface area contributed by atoms with Gasteiger partial charge < -0.3 is 24.6 Å². The van der Waals surface area contributed by atoms with Gasteiger partial charge in [-0.15, -0.1) is 0 Å². The standard InChI is InChI=1S/C42H61N5O5/c1-26(2)27(3)38(4)14-15-40(6)30-8-9-33-39(5)23-51-24-42(33,31(30)10-13-41(40,7)34(38)37(48)49)20-32(35(39)52-22-29-21-50-19-18-44-29)47-36(45-25-46-47)28-11-16-43-17-12-28/h10-12,16-17,25-27,29-30,32-35,44H,8-9,13-15,18-24H2,1-7H3,(H,48,49)/t27-,29?,30+,32-,33+,34-,35+,38-,39?,40-,41+,42+/m1/s1. The van der Waals surface area contributed by atoms with E-state index in [0.717, 1.165) is 63.1 Å². The monoisotopic (exact) mass is 715 g/mol. The molecular weight excluding hydrogens is 654 g/mol. The van der Waals surface area contributed by atoms with Crippen molar-refractivity contribution in [3.63, 3.8) is 0 Å². The molecule has 2 aromatic heterocycles. The number of fused-ring (bicyclic) bond motifs is 3. The molecule has 3 saturated carbocycles. The molecule has 0 aromatic carbocycles. The Balaban J connectivity index is 1.22. The van der Waals surface area contributed by atoms with Gasteiger partial charge in [0.1, 0.15) is 6.33 Å². The maximum atomic E-state index is 13.5. The van der Waals surface area contributed by atoms with Crippen LogP contribution in [0.2, 0.25) is 0 Å². The van der Waals surface area contributed by atoms with Crippen LogP contribution in [0, 0.1) is 56.7 Å². The lowest BCUT2D eigenvalue weighted by Gasteiger charge is -2.71. The van der Waals surface area contributed by atoms with Crippen LogP contribution in [0.1, 0.15) is 93.0 Å².